The number of carbonyl (C=O) groups is 1. The van der Waals surface area contributed by atoms with Gasteiger partial charge in [-0.15, -0.1) is 6.92 Å². The Morgan fingerprint density at radius 3 is 1.94 bits per heavy atom. The van der Waals surface area contributed by atoms with Crippen molar-refractivity contribution in [2.75, 3.05) is 0 Å². The van der Waals surface area contributed by atoms with Gasteiger partial charge < -0.3 is 34.6 Å². The number of Topliss-reactive ketones (excluding diaryl/α,β-unsaturated/α-hetero) is 1. The predicted molar refractivity (Wildman–Crippen MR) is 63.5 cm³/mol. The van der Waals surface area contributed by atoms with E-state index in [2.05, 4.69) is 31.2 Å². The third-order valence-electron chi connectivity index (χ3n) is 2.21. The summed E-state index contributed by atoms with van der Waals surface area (Å²) in [5.41, 5.74) is 2.23. The van der Waals surface area contributed by atoms with Gasteiger partial charge in [-0.05, 0) is 0 Å². The summed E-state index contributed by atoms with van der Waals surface area (Å²) < 4.78 is 0. The van der Waals surface area contributed by atoms with Gasteiger partial charge in [-0.1, -0.05) is 13.3 Å². The van der Waals surface area contributed by atoms with E-state index in [4.69, 9.17) is 0 Å². The normalized spacial score (nSPS) is 8.62. The summed E-state index contributed by atoms with van der Waals surface area (Å²) in [7, 11) is 0. The van der Waals surface area contributed by atoms with Crippen LogP contribution in [0.3, 0.4) is 0 Å². The minimum absolute atomic E-state index is 0. The van der Waals surface area contributed by atoms with Crippen LogP contribution in [0.2, 0.25) is 0 Å². The van der Waals surface area contributed by atoms with Crippen molar-refractivity contribution in [1.82, 2.24) is 0 Å². The van der Waals surface area contributed by atoms with E-state index in [1.165, 1.54) is 5.56 Å². The van der Waals surface area contributed by atoms with E-state index in [0.29, 0.717) is 0 Å². The standard InChI is InChI=1S/C7H7O.C7H9.Fe/c1-6(8)7-4-2-3-5-7;1-2-7-5-3-4-6-7;/h2-5H,1H3;3-6H,2H2,1H3;/q-5;-1;. The van der Waals surface area contributed by atoms with Crippen LogP contribution >= 0.6 is 0 Å². The van der Waals surface area contributed by atoms with E-state index in [1.807, 2.05) is 24.3 Å². The molecule has 0 aliphatic heterocycles. The molecule has 92 valence electrons. The Bertz CT molecular complexity index is 371. The molecule has 0 aromatic heterocycles. The molecule has 2 heteroatoms. The van der Waals surface area contributed by atoms with Gasteiger partial charge in [0.1, 0.15) is 0 Å². The van der Waals surface area contributed by atoms with Gasteiger partial charge in [-0.3, -0.25) is 5.78 Å². The Kier molecular flexibility index (Phi) is 7.53. The Hall–Kier alpha value is -1.11. The second-order valence-electron chi connectivity index (χ2n) is 3.38. The molecule has 0 spiro atoms. The number of rotatable bonds is 2. The SMILES string of the molecule is CC(=O)[c-]1[cH-][cH-][cH-][cH-]1.CC[c-]1cccc1.[Fe]. The first-order valence-corrected chi connectivity index (χ1v) is 5.17. The summed E-state index contributed by atoms with van der Waals surface area (Å²) in [5, 5.41) is 0. The fourth-order valence-corrected chi connectivity index (χ4v) is 1.26. The maximum absolute atomic E-state index is 10.5. The zero-order chi connectivity index (χ0) is 11.1. The quantitative estimate of drug-likeness (QED) is 0.456. The molecular formula is C14H16FeO-6. The largest absolute Gasteiger partial charge is 0.718 e. The van der Waals surface area contributed by atoms with Crippen molar-refractivity contribution < 1.29 is 21.9 Å². The number of hydrogen-bond acceptors (Lipinski definition) is 1. The topological polar surface area (TPSA) is 17.1 Å². The molecule has 0 saturated heterocycles. The number of carbonyl (C=O) groups excluding carboxylic acids is 1. The van der Waals surface area contributed by atoms with Gasteiger partial charge in [0.2, 0.25) is 0 Å². The molecule has 0 bridgehead atoms. The summed E-state index contributed by atoms with van der Waals surface area (Å²) in [6.45, 7) is 3.73. The Morgan fingerprint density at radius 1 is 1.19 bits per heavy atom. The van der Waals surface area contributed by atoms with E-state index in [1.54, 1.807) is 6.92 Å². The van der Waals surface area contributed by atoms with Crippen molar-refractivity contribution in [3.05, 3.63) is 59.7 Å². The second-order valence-corrected chi connectivity index (χ2v) is 3.38. The molecule has 0 heterocycles. The van der Waals surface area contributed by atoms with Crippen LogP contribution in [0, 0.1) is 0 Å². The predicted octanol–water partition coefficient (Wildman–Crippen LogP) is 3.57. The third-order valence-corrected chi connectivity index (χ3v) is 2.21. The smallest absolute Gasteiger partial charge is 0 e. The van der Waals surface area contributed by atoms with Crippen LogP contribution in [0.4, 0.5) is 0 Å². The molecule has 0 N–H and O–H groups in total. The summed E-state index contributed by atoms with van der Waals surface area (Å²) >= 11 is 0. The van der Waals surface area contributed by atoms with Crippen LogP contribution in [0.15, 0.2) is 48.5 Å². The Labute approximate surface area is 108 Å². The Balaban J connectivity index is 0.000000267. The van der Waals surface area contributed by atoms with E-state index in [9.17, 15) is 4.79 Å². The molecule has 2 aromatic rings. The molecule has 2 rings (SSSR count). The van der Waals surface area contributed by atoms with Gasteiger partial charge in [0.25, 0.3) is 0 Å². The molecule has 0 amide bonds. The molecule has 0 fully saturated rings. The third kappa shape index (κ3) is 5.11. The van der Waals surface area contributed by atoms with Gasteiger partial charge in [-0.25, -0.2) is 12.1 Å². The van der Waals surface area contributed by atoms with Crippen molar-refractivity contribution >= 4 is 5.78 Å². The molecule has 2 aromatic carbocycles. The second kappa shape index (κ2) is 8.09. The minimum Gasteiger partial charge on any atom is -0.718 e. The molecule has 16 heavy (non-hydrogen) atoms. The maximum Gasteiger partial charge on any atom is 0 e. The zero-order valence-corrected chi connectivity index (χ0v) is 10.7. The van der Waals surface area contributed by atoms with Crippen molar-refractivity contribution in [3.8, 4) is 0 Å². The molecule has 1 nitrogen and oxygen atoms in total. The van der Waals surface area contributed by atoms with Gasteiger partial charge in [0.05, 0.1) is 0 Å². The molecule has 0 saturated carbocycles. The zero-order valence-electron chi connectivity index (χ0n) is 9.59. The van der Waals surface area contributed by atoms with Crippen LogP contribution in [0.25, 0.3) is 0 Å². The van der Waals surface area contributed by atoms with Crippen LogP contribution in [-0.4, -0.2) is 5.78 Å². The number of hydrogen-bond donors (Lipinski definition) is 0. The maximum atomic E-state index is 10.5. The average Bonchev–Trinajstić information content (AvgIpc) is 2.92. The van der Waals surface area contributed by atoms with Gasteiger partial charge in [0.15, 0.2) is 0 Å². The fourth-order valence-electron chi connectivity index (χ4n) is 1.26. The van der Waals surface area contributed by atoms with Crippen LogP contribution in [-0.2, 0) is 23.5 Å². The number of aryl methyl sites for hydroxylation is 1. The van der Waals surface area contributed by atoms with Gasteiger partial charge in [-0.2, -0.15) is 17.7 Å². The molecule has 0 radical (unpaired) electrons. The van der Waals surface area contributed by atoms with Crippen molar-refractivity contribution in [2.24, 2.45) is 0 Å². The summed E-state index contributed by atoms with van der Waals surface area (Å²) in [6, 6.07) is 15.7. The molecule has 0 unspecified atom stereocenters. The minimum atomic E-state index is 0. The number of ketones is 1. The fraction of sp³-hybridized carbons (Fsp3) is 0.214. The molecule has 0 aliphatic carbocycles. The summed E-state index contributed by atoms with van der Waals surface area (Å²) in [4.78, 5) is 10.5. The van der Waals surface area contributed by atoms with E-state index in [0.717, 1.165) is 12.0 Å². The van der Waals surface area contributed by atoms with Crippen molar-refractivity contribution in [1.29, 1.82) is 0 Å². The van der Waals surface area contributed by atoms with Crippen molar-refractivity contribution in [3.63, 3.8) is 0 Å². The first-order valence-electron chi connectivity index (χ1n) is 5.17. The Morgan fingerprint density at radius 2 is 1.69 bits per heavy atom. The molecule has 0 aliphatic rings. The average molecular weight is 256 g/mol. The van der Waals surface area contributed by atoms with Crippen LogP contribution in [0.5, 0.6) is 0 Å². The summed E-state index contributed by atoms with van der Waals surface area (Å²) in [5.74, 6) is 0.134. The monoisotopic (exact) mass is 256 g/mol. The van der Waals surface area contributed by atoms with E-state index >= 15 is 0 Å². The van der Waals surface area contributed by atoms with E-state index in [-0.39, 0.29) is 22.9 Å². The van der Waals surface area contributed by atoms with Gasteiger partial charge >= 0.3 is 0 Å². The molecule has 0 atom stereocenters. The first-order chi connectivity index (χ1) is 7.24. The molecular weight excluding hydrogens is 240 g/mol. The van der Waals surface area contributed by atoms with Crippen molar-refractivity contribution in [2.45, 2.75) is 20.3 Å². The first kappa shape index (κ1) is 14.9. The van der Waals surface area contributed by atoms with E-state index < -0.39 is 0 Å². The van der Waals surface area contributed by atoms with Crippen LogP contribution < -0.4 is 0 Å². The van der Waals surface area contributed by atoms with Gasteiger partial charge in [0, 0.05) is 17.1 Å². The van der Waals surface area contributed by atoms with Crippen LogP contribution in [0.1, 0.15) is 29.8 Å². The summed E-state index contributed by atoms with van der Waals surface area (Å²) in [6.07, 6.45) is 1.16.